The standard InChI is InChI=1S/C20H28N4O3/c1-14(2)12-23-9-7-20(8-10-23)18(26)24(19(27)22-20)13-17(25)21-16-6-4-5-15(3)11-16/h4-6,11,14H,7-10,12-13H2,1-3H3,(H,21,25)(H,22,27). The number of hydrogen-bond acceptors (Lipinski definition) is 4. The van der Waals surface area contributed by atoms with Gasteiger partial charge in [-0.2, -0.15) is 0 Å². The van der Waals surface area contributed by atoms with Gasteiger partial charge in [0.1, 0.15) is 12.1 Å². The number of nitrogens with one attached hydrogen (secondary N) is 2. The van der Waals surface area contributed by atoms with Crippen LogP contribution in [0.3, 0.4) is 0 Å². The predicted octanol–water partition coefficient (Wildman–Crippen LogP) is 1.98. The number of urea groups is 1. The van der Waals surface area contributed by atoms with Gasteiger partial charge in [0.25, 0.3) is 5.91 Å². The molecule has 4 amide bonds. The number of amides is 4. The molecular formula is C20H28N4O3. The third-order valence-corrected chi connectivity index (χ3v) is 5.18. The summed E-state index contributed by atoms with van der Waals surface area (Å²) in [6.45, 7) is 8.53. The first-order chi connectivity index (χ1) is 12.8. The molecule has 2 saturated heterocycles. The van der Waals surface area contributed by atoms with Crippen LogP contribution in [0, 0.1) is 12.8 Å². The van der Waals surface area contributed by atoms with Crippen LogP contribution < -0.4 is 10.6 Å². The van der Waals surface area contributed by atoms with E-state index in [-0.39, 0.29) is 18.4 Å². The lowest BCUT2D eigenvalue weighted by Gasteiger charge is -2.37. The summed E-state index contributed by atoms with van der Waals surface area (Å²) in [7, 11) is 0. The maximum atomic E-state index is 12.9. The van der Waals surface area contributed by atoms with E-state index in [1.165, 1.54) is 0 Å². The van der Waals surface area contributed by atoms with Gasteiger partial charge < -0.3 is 15.5 Å². The van der Waals surface area contributed by atoms with Gasteiger partial charge in [-0.15, -0.1) is 0 Å². The number of hydrogen-bond donors (Lipinski definition) is 2. The highest BCUT2D eigenvalue weighted by atomic mass is 16.2. The second-order valence-electron chi connectivity index (χ2n) is 8.02. The molecular weight excluding hydrogens is 344 g/mol. The van der Waals surface area contributed by atoms with E-state index in [2.05, 4.69) is 29.4 Å². The number of likely N-dealkylation sites (tertiary alicyclic amines) is 1. The molecule has 146 valence electrons. The molecule has 0 aromatic heterocycles. The number of carbonyl (C=O) groups excluding carboxylic acids is 3. The first-order valence-electron chi connectivity index (χ1n) is 9.52. The summed E-state index contributed by atoms with van der Waals surface area (Å²) in [6, 6.07) is 6.93. The summed E-state index contributed by atoms with van der Waals surface area (Å²) >= 11 is 0. The molecule has 1 spiro atoms. The molecule has 2 heterocycles. The molecule has 0 unspecified atom stereocenters. The zero-order valence-electron chi connectivity index (χ0n) is 16.2. The molecule has 1 aromatic carbocycles. The molecule has 1 aromatic rings. The number of benzene rings is 1. The zero-order chi connectivity index (χ0) is 19.6. The fraction of sp³-hybridized carbons (Fsp3) is 0.550. The summed E-state index contributed by atoms with van der Waals surface area (Å²) < 4.78 is 0. The number of rotatable bonds is 5. The lowest BCUT2D eigenvalue weighted by Crippen LogP contribution is -2.55. The van der Waals surface area contributed by atoms with Crippen LogP contribution in [0.25, 0.3) is 0 Å². The van der Waals surface area contributed by atoms with Crippen molar-refractivity contribution in [2.45, 2.75) is 39.2 Å². The fourth-order valence-electron chi connectivity index (χ4n) is 3.86. The molecule has 0 aliphatic carbocycles. The third kappa shape index (κ3) is 4.30. The second-order valence-corrected chi connectivity index (χ2v) is 8.02. The lowest BCUT2D eigenvalue weighted by molar-refractivity contribution is -0.135. The third-order valence-electron chi connectivity index (χ3n) is 5.18. The lowest BCUT2D eigenvalue weighted by atomic mass is 9.87. The molecule has 2 aliphatic rings. The molecule has 3 rings (SSSR count). The van der Waals surface area contributed by atoms with Crippen LogP contribution in [0.15, 0.2) is 24.3 Å². The van der Waals surface area contributed by atoms with Gasteiger partial charge in [-0.25, -0.2) is 4.79 Å². The monoisotopic (exact) mass is 372 g/mol. The quantitative estimate of drug-likeness (QED) is 0.775. The Hall–Kier alpha value is -2.41. The van der Waals surface area contributed by atoms with Crippen LogP contribution in [0.4, 0.5) is 10.5 Å². The first-order valence-corrected chi connectivity index (χ1v) is 9.52. The van der Waals surface area contributed by atoms with E-state index in [1.807, 2.05) is 25.1 Å². The Morgan fingerprint density at radius 3 is 2.59 bits per heavy atom. The van der Waals surface area contributed by atoms with Crippen molar-refractivity contribution >= 4 is 23.5 Å². The van der Waals surface area contributed by atoms with Gasteiger partial charge in [0, 0.05) is 25.3 Å². The molecule has 0 radical (unpaired) electrons. The molecule has 27 heavy (non-hydrogen) atoms. The van der Waals surface area contributed by atoms with Gasteiger partial charge in [-0.05, 0) is 43.4 Å². The number of piperidine rings is 1. The minimum absolute atomic E-state index is 0.268. The average Bonchev–Trinajstić information content (AvgIpc) is 2.81. The van der Waals surface area contributed by atoms with E-state index in [4.69, 9.17) is 0 Å². The largest absolute Gasteiger partial charge is 0.325 e. The molecule has 7 nitrogen and oxygen atoms in total. The van der Waals surface area contributed by atoms with Crippen molar-refractivity contribution in [3.05, 3.63) is 29.8 Å². The molecule has 7 heteroatoms. The van der Waals surface area contributed by atoms with Crippen molar-refractivity contribution in [1.29, 1.82) is 0 Å². The maximum absolute atomic E-state index is 12.9. The van der Waals surface area contributed by atoms with E-state index in [9.17, 15) is 14.4 Å². The number of imide groups is 1. The maximum Gasteiger partial charge on any atom is 0.325 e. The molecule has 2 N–H and O–H groups in total. The first kappa shape index (κ1) is 19.4. The highest BCUT2D eigenvalue weighted by Gasteiger charge is 2.52. The second kappa shape index (κ2) is 7.68. The van der Waals surface area contributed by atoms with E-state index in [0.717, 1.165) is 30.1 Å². The van der Waals surface area contributed by atoms with Gasteiger partial charge in [0.15, 0.2) is 0 Å². The van der Waals surface area contributed by atoms with Gasteiger partial charge in [-0.1, -0.05) is 26.0 Å². The summed E-state index contributed by atoms with van der Waals surface area (Å²) in [5, 5.41) is 5.60. The Morgan fingerprint density at radius 2 is 1.96 bits per heavy atom. The summed E-state index contributed by atoms with van der Waals surface area (Å²) in [4.78, 5) is 41.0. The minimum Gasteiger partial charge on any atom is -0.325 e. The number of aryl methyl sites for hydroxylation is 1. The van der Waals surface area contributed by atoms with Gasteiger partial charge in [-0.3, -0.25) is 14.5 Å². The zero-order valence-corrected chi connectivity index (χ0v) is 16.2. The number of anilines is 1. The average molecular weight is 372 g/mol. The van der Waals surface area contributed by atoms with Crippen molar-refractivity contribution in [3.8, 4) is 0 Å². The van der Waals surface area contributed by atoms with Crippen LogP contribution >= 0.6 is 0 Å². The van der Waals surface area contributed by atoms with Gasteiger partial charge in [0.05, 0.1) is 0 Å². The van der Waals surface area contributed by atoms with E-state index >= 15 is 0 Å². The Kier molecular flexibility index (Phi) is 5.51. The highest BCUT2D eigenvalue weighted by Crippen LogP contribution is 2.29. The molecule has 0 atom stereocenters. The number of nitrogens with zero attached hydrogens (tertiary/aromatic N) is 2. The topological polar surface area (TPSA) is 81.8 Å². The summed E-state index contributed by atoms with van der Waals surface area (Å²) in [5.74, 6) is -0.0933. The van der Waals surface area contributed by atoms with E-state index in [0.29, 0.717) is 24.4 Å². The van der Waals surface area contributed by atoms with Crippen molar-refractivity contribution in [2.75, 3.05) is 31.5 Å². The smallest absolute Gasteiger partial charge is 0.325 e. The molecule has 0 saturated carbocycles. The molecule has 2 fully saturated rings. The molecule has 2 aliphatic heterocycles. The van der Waals surface area contributed by atoms with Gasteiger partial charge in [0.2, 0.25) is 5.91 Å². The van der Waals surface area contributed by atoms with Crippen molar-refractivity contribution in [1.82, 2.24) is 15.1 Å². The Labute approximate surface area is 160 Å². The summed E-state index contributed by atoms with van der Waals surface area (Å²) in [6.07, 6.45) is 1.17. The van der Waals surface area contributed by atoms with Crippen molar-refractivity contribution < 1.29 is 14.4 Å². The normalized spacial score (nSPS) is 19.6. The minimum atomic E-state index is -0.853. The van der Waals surface area contributed by atoms with Crippen molar-refractivity contribution in [2.24, 2.45) is 5.92 Å². The Bertz CT molecular complexity index is 738. The Morgan fingerprint density at radius 1 is 1.26 bits per heavy atom. The highest BCUT2D eigenvalue weighted by molar-refractivity contribution is 6.10. The van der Waals surface area contributed by atoms with E-state index in [1.54, 1.807) is 6.07 Å². The van der Waals surface area contributed by atoms with Crippen LogP contribution in [-0.2, 0) is 9.59 Å². The molecule has 0 bridgehead atoms. The van der Waals surface area contributed by atoms with Crippen LogP contribution in [0.2, 0.25) is 0 Å². The SMILES string of the molecule is Cc1cccc(NC(=O)CN2C(=O)NC3(CCN(CC(C)C)CC3)C2=O)c1. The predicted molar refractivity (Wildman–Crippen MR) is 103 cm³/mol. The van der Waals surface area contributed by atoms with E-state index < -0.39 is 11.6 Å². The van der Waals surface area contributed by atoms with Crippen molar-refractivity contribution in [3.63, 3.8) is 0 Å². The van der Waals surface area contributed by atoms with Crippen LogP contribution in [-0.4, -0.2) is 59.4 Å². The number of carbonyl (C=O) groups is 3. The summed E-state index contributed by atoms with van der Waals surface area (Å²) in [5.41, 5.74) is 0.826. The van der Waals surface area contributed by atoms with Crippen LogP contribution in [0.5, 0.6) is 0 Å². The fourth-order valence-corrected chi connectivity index (χ4v) is 3.86. The van der Waals surface area contributed by atoms with Crippen LogP contribution in [0.1, 0.15) is 32.3 Å². The Balaban J connectivity index is 1.60. The van der Waals surface area contributed by atoms with Gasteiger partial charge >= 0.3 is 6.03 Å².